The molecule has 1 atom stereocenters. The van der Waals surface area contributed by atoms with E-state index in [1.54, 1.807) is 0 Å². The van der Waals surface area contributed by atoms with Crippen molar-refractivity contribution in [3.63, 3.8) is 0 Å². The summed E-state index contributed by atoms with van der Waals surface area (Å²) in [4.78, 5) is 36.2. The third-order valence-corrected chi connectivity index (χ3v) is 3.51. The van der Waals surface area contributed by atoms with Crippen LogP contribution in [0, 0.1) is 5.82 Å². The highest BCUT2D eigenvalue weighted by Crippen LogP contribution is 2.24. The van der Waals surface area contributed by atoms with Crippen molar-refractivity contribution in [2.45, 2.75) is 12.5 Å². The number of ether oxygens (including phenoxy) is 1. The molecule has 1 saturated heterocycles. The minimum atomic E-state index is -2.78. The summed E-state index contributed by atoms with van der Waals surface area (Å²) in [5.41, 5.74) is 4.99. The third-order valence-electron chi connectivity index (χ3n) is 3.51. The van der Waals surface area contributed by atoms with E-state index in [-0.39, 0.29) is 31.1 Å². The first kappa shape index (κ1) is 19.7. The number of primary amides is 1. The highest BCUT2D eigenvalue weighted by molar-refractivity contribution is 6.09. The summed E-state index contributed by atoms with van der Waals surface area (Å²) in [6.45, 7) is -0.621. The van der Waals surface area contributed by atoms with Crippen LogP contribution < -0.4 is 21.3 Å². The monoisotopic (exact) mass is 374 g/mol. The van der Waals surface area contributed by atoms with E-state index in [4.69, 9.17) is 10.5 Å². The van der Waals surface area contributed by atoms with Gasteiger partial charge in [0.2, 0.25) is 5.91 Å². The Balaban J connectivity index is 2.09. The molecule has 1 aliphatic rings. The topological polar surface area (TPSA) is 114 Å². The number of carbonyl (C=O) groups is 3. The molecule has 0 aromatic heterocycles. The van der Waals surface area contributed by atoms with Crippen LogP contribution in [-0.4, -0.2) is 56.5 Å². The van der Waals surface area contributed by atoms with Crippen LogP contribution >= 0.6 is 0 Å². The maximum Gasteiger partial charge on any atom is 0.253 e. The standard InChI is InChI=1S/C15H17F3N4O4/c16-9-5-8(1-2-10(9)22-3-4-26-7-12(22)23)21-15(25)13(14(19)24)20-6-11(17)18/h1-2,5,11,13,20H,3-4,6-7H2,(H2,19,24)(H,21,25)/t13-/m0/s1. The molecule has 8 nitrogen and oxygen atoms in total. The highest BCUT2D eigenvalue weighted by Gasteiger charge is 2.26. The minimum Gasteiger partial charge on any atom is -0.370 e. The number of anilines is 2. The van der Waals surface area contributed by atoms with Crippen molar-refractivity contribution in [2.75, 3.05) is 36.5 Å². The molecule has 0 radical (unpaired) electrons. The molecule has 3 amide bonds. The van der Waals surface area contributed by atoms with Gasteiger partial charge in [0.15, 0.2) is 6.04 Å². The largest absolute Gasteiger partial charge is 0.370 e. The zero-order valence-corrected chi connectivity index (χ0v) is 13.5. The van der Waals surface area contributed by atoms with Crippen LogP contribution in [0.2, 0.25) is 0 Å². The van der Waals surface area contributed by atoms with Gasteiger partial charge >= 0.3 is 0 Å². The average Bonchev–Trinajstić information content (AvgIpc) is 2.55. The van der Waals surface area contributed by atoms with Gasteiger partial charge in [0, 0.05) is 12.2 Å². The molecule has 1 aliphatic heterocycles. The summed E-state index contributed by atoms with van der Waals surface area (Å²) in [6, 6.07) is 1.83. The molecule has 0 saturated carbocycles. The summed E-state index contributed by atoms with van der Waals surface area (Å²) < 4.78 is 43.7. The number of alkyl halides is 2. The molecule has 1 fully saturated rings. The number of hydrogen-bond donors (Lipinski definition) is 3. The number of nitrogens with zero attached hydrogens (tertiary/aromatic N) is 1. The van der Waals surface area contributed by atoms with E-state index >= 15 is 0 Å². The minimum absolute atomic E-state index is 0.0126. The molecule has 0 bridgehead atoms. The smallest absolute Gasteiger partial charge is 0.253 e. The lowest BCUT2D eigenvalue weighted by Crippen LogP contribution is -2.51. The van der Waals surface area contributed by atoms with Crippen LogP contribution in [0.3, 0.4) is 0 Å². The predicted octanol–water partition coefficient (Wildman–Crippen LogP) is -0.164. The van der Waals surface area contributed by atoms with Gasteiger partial charge in [-0.05, 0) is 18.2 Å². The number of benzene rings is 1. The molecule has 11 heteroatoms. The highest BCUT2D eigenvalue weighted by atomic mass is 19.3. The fourth-order valence-corrected chi connectivity index (χ4v) is 2.32. The first-order valence-corrected chi connectivity index (χ1v) is 7.59. The Morgan fingerprint density at radius 2 is 2.08 bits per heavy atom. The Morgan fingerprint density at radius 1 is 1.35 bits per heavy atom. The van der Waals surface area contributed by atoms with Crippen LogP contribution in [0.4, 0.5) is 24.5 Å². The van der Waals surface area contributed by atoms with Gasteiger partial charge < -0.3 is 20.7 Å². The van der Waals surface area contributed by atoms with Gasteiger partial charge in [-0.25, -0.2) is 13.2 Å². The number of amides is 3. The fraction of sp³-hybridized carbons (Fsp3) is 0.400. The molecule has 0 unspecified atom stereocenters. The number of nitrogens with one attached hydrogen (secondary N) is 2. The Kier molecular flexibility index (Phi) is 6.52. The van der Waals surface area contributed by atoms with E-state index in [0.29, 0.717) is 0 Å². The zero-order chi connectivity index (χ0) is 19.3. The van der Waals surface area contributed by atoms with Crippen molar-refractivity contribution in [1.29, 1.82) is 0 Å². The third kappa shape index (κ3) is 4.92. The Hall–Kier alpha value is -2.66. The molecule has 1 heterocycles. The molecule has 26 heavy (non-hydrogen) atoms. The Labute approximate surface area is 146 Å². The SMILES string of the molecule is NC(=O)[C@H](NCC(F)F)C(=O)Nc1ccc(N2CCOCC2=O)c(F)c1. The lowest BCUT2D eigenvalue weighted by molar-refractivity contribution is -0.128. The molecule has 4 N–H and O–H groups in total. The van der Waals surface area contributed by atoms with Crippen molar-refractivity contribution in [2.24, 2.45) is 5.73 Å². The van der Waals surface area contributed by atoms with Crippen molar-refractivity contribution in [3.05, 3.63) is 24.0 Å². The fourth-order valence-electron chi connectivity index (χ4n) is 2.32. The van der Waals surface area contributed by atoms with Crippen LogP contribution in [0.15, 0.2) is 18.2 Å². The summed E-state index contributed by atoms with van der Waals surface area (Å²) in [5, 5.41) is 4.24. The molecule has 142 valence electrons. The van der Waals surface area contributed by atoms with E-state index < -0.39 is 42.6 Å². The van der Waals surface area contributed by atoms with E-state index in [1.165, 1.54) is 17.0 Å². The van der Waals surface area contributed by atoms with Crippen molar-refractivity contribution in [3.8, 4) is 0 Å². The van der Waals surface area contributed by atoms with Gasteiger partial charge in [-0.3, -0.25) is 19.7 Å². The second kappa shape index (κ2) is 8.63. The van der Waals surface area contributed by atoms with Gasteiger partial charge in [0.05, 0.1) is 18.8 Å². The van der Waals surface area contributed by atoms with E-state index in [1.807, 2.05) is 5.32 Å². The summed E-state index contributed by atoms with van der Waals surface area (Å²) in [6.07, 6.45) is -2.78. The van der Waals surface area contributed by atoms with Gasteiger partial charge in [0.25, 0.3) is 18.2 Å². The van der Waals surface area contributed by atoms with Crippen LogP contribution in [0.5, 0.6) is 0 Å². The van der Waals surface area contributed by atoms with E-state index in [2.05, 4.69) is 5.32 Å². The van der Waals surface area contributed by atoms with Gasteiger partial charge in [-0.15, -0.1) is 0 Å². The Bertz CT molecular complexity index is 701. The number of halogens is 3. The molecule has 1 aromatic rings. The summed E-state index contributed by atoms with van der Waals surface area (Å²) >= 11 is 0. The summed E-state index contributed by atoms with van der Waals surface area (Å²) in [5.74, 6) is -3.35. The zero-order valence-electron chi connectivity index (χ0n) is 13.5. The van der Waals surface area contributed by atoms with Crippen LogP contribution in [-0.2, 0) is 19.1 Å². The predicted molar refractivity (Wildman–Crippen MR) is 85.2 cm³/mol. The number of rotatable bonds is 7. The maximum atomic E-state index is 14.3. The van der Waals surface area contributed by atoms with Crippen molar-refractivity contribution >= 4 is 29.1 Å². The molecule has 0 aliphatic carbocycles. The molecular weight excluding hydrogens is 357 g/mol. The number of carbonyl (C=O) groups excluding carboxylic acids is 3. The summed E-state index contributed by atoms with van der Waals surface area (Å²) in [7, 11) is 0. The maximum absolute atomic E-state index is 14.3. The normalized spacial score (nSPS) is 15.8. The lowest BCUT2D eigenvalue weighted by atomic mass is 10.2. The molecule has 0 spiro atoms. The van der Waals surface area contributed by atoms with Crippen molar-refractivity contribution in [1.82, 2.24) is 5.32 Å². The molecule has 1 aromatic carbocycles. The average molecular weight is 374 g/mol. The first-order chi connectivity index (χ1) is 12.3. The van der Waals surface area contributed by atoms with Gasteiger partial charge in [-0.1, -0.05) is 0 Å². The van der Waals surface area contributed by atoms with Crippen LogP contribution in [0.25, 0.3) is 0 Å². The number of hydrogen-bond acceptors (Lipinski definition) is 5. The number of morpholine rings is 1. The number of nitrogens with two attached hydrogens (primary N) is 1. The van der Waals surface area contributed by atoms with E-state index in [9.17, 15) is 27.6 Å². The Morgan fingerprint density at radius 3 is 2.65 bits per heavy atom. The molecular formula is C15H17F3N4O4. The second-order valence-electron chi connectivity index (χ2n) is 5.39. The first-order valence-electron chi connectivity index (χ1n) is 7.59. The van der Waals surface area contributed by atoms with E-state index in [0.717, 1.165) is 6.07 Å². The quantitative estimate of drug-likeness (QED) is 0.574. The van der Waals surface area contributed by atoms with Crippen molar-refractivity contribution < 1.29 is 32.3 Å². The lowest BCUT2D eigenvalue weighted by Gasteiger charge is -2.27. The second-order valence-corrected chi connectivity index (χ2v) is 5.39. The van der Waals surface area contributed by atoms with Gasteiger partial charge in [0.1, 0.15) is 12.4 Å². The van der Waals surface area contributed by atoms with Gasteiger partial charge in [-0.2, -0.15) is 0 Å². The molecule has 2 rings (SSSR count). The van der Waals surface area contributed by atoms with Crippen LogP contribution in [0.1, 0.15) is 0 Å².